The van der Waals surface area contributed by atoms with Gasteiger partial charge >= 0.3 is 0 Å². The maximum absolute atomic E-state index is 12.8. The molecule has 1 aromatic carbocycles. The van der Waals surface area contributed by atoms with E-state index in [1.165, 1.54) is 12.8 Å². The summed E-state index contributed by atoms with van der Waals surface area (Å²) < 4.78 is 0. The van der Waals surface area contributed by atoms with Gasteiger partial charge in [-0.3, -0.25) is 14.4 Å². The lowest BCUT2D eigenvalue weighted by Gasteiger charge is -2.25. The number of hydrogen-bond acceptors (Lipinski definition) is 3. The van der Waals surface area contributed by atoms with Crippen LogP contribution in [0.25, 0.3) is 0 Å². The molecule has 2 aliphatic rings. The number of benzene rings is 1. The van der Waals surface area contributed by atoms with Crippen LogP contribution in [0, 0.1) is 5.92 Å². The van der Waals surface area contributed by atoms with E-state index in [0.29, 0.717) is 31.1 Å². The maximum Gasteiger partial charge on any atom is 0.251 e. The van der Waals surface area contributed by atoms with Crippen molar-refractivity contribution in [2.24, 2.45) is 5.92 Å². The fourth-order valence-electron chi connectivity index (χ4n) is 4.04. The molecule has 0 aromatic heterocycles. The summed E-state index contributed by atoms with van der Waals surface area (Å²) in [4.78, 5) is 40.3. The lowest BCUT2D eigenvalue weighted by atomic mass is 10.1. The van der Waals surface area contributed by atoms with Crippen molar-refractivity contribution in [1.82, 2.24) is 15.1 Å². The average Bonchev–Trinajstić information content (AvgIpc) is 3.30. The van der Waals surface area contributed by atoms with Crippen molar-refractivity contribution in [3.63, 3.8) is 0 Å². The van der Waals surface area contributed by atoms with Gasteiger partial charge in [0.2, 0.25) is 11.8 Å². The highest BCUT2D eigenvalue weighted by molar-refractivity contribution is 5.94. The van der Waals surface area contributed by atoms with Crippen LogP contribution in [0.15, 0.2) is 24.3 Å². The third-order valence-electron chi connectivity index (χ3n) is 5.51. The summed E-state index contributed by atoms with van der Waals surface area (Å²) in [5.41, 5.74) is 1.56. The van der Waals surface area contributed by atoms with Crippen molar-refractivity contribution in [3.05, 3.63) is 35.4 Å². The maximum atomic E-state index is 12.8. The molecule has 1 aromatic rings. The Morgan fingerprint density at radius 3 is 2.46 bits per heavy atom. The number of nitrogens with zero attached hydrogens (tertiary/aromatic N) is 2. The summed E-state index contributed by atoms with van der Waals surface area (Å²) in [6.07, 6.45) is 4.83. The van der Waals surface area contributed by atoms with E-state index in [4.69, 9.17) is 0 Å². The minimum atomic E-state index is -0.238. The lowest BCUT2D eigenvalue weighted by molar-refractivity contribution is -0.135. The normalized spacial score (nSPS) is 20.5. The Bertz CT molecular complexity index is 680. The predicted octanol–water partition coefficient (Wildman–Crippen LogP) is 1.80. The average molecular weight is 357 g/mol. The SMILES string of the molecule is CNC(=O)c1ccc(CN(C)C(=O)C2CC(=O)N(C3CCCC3)C2)cc1. The van der Waals surface area contributed by atoms with E-state index in [0.717, 1.165) is 18.4 Å². The highest BCUT2D eigenvalue weighted by atomic mass is 16.2. The van der Waals surface area contributed by atoms with Gasteiger partial charge in [0, 0.05) is 45.2 Å². The van der Waals surface area contributed by atoms with E-state index in [9.17, 15) is 14.4 Å². The van der Waals surface area contributed by atoms with Crippen LogP contribution in [0.4, 0.5) is 0 Å². The number of nitrogens with one attached hydrogen (secondary N) is 1. The van der Waals surface area contributed by atoms with Crippen LogP contribution in [0.3, 0.4) is 0 Å². The predicted molar refractivity (Wildman–Crippen MR) is 98.4 cm³/mol. The third-order valence-corrected chi connectivity index (χ3v) is 5.51. The van der Waals surface area contributed by atoms with Crippen LogP contribution in [0.1, 0.15) is 48.0 Å². The van der Waals surface area contributed by atoms with Gasteiger partial charge in [0.15, 0.2) is 0 Å². The summed E-state index contributed by atoms with van der Waals surface area (Å²) >= 11 is 0. The first-order valence-electron chi connectivity index (χ1n) is 9.35. The lowest BCUT2D eigenvalue weighted by Crippen LogP contribution is -2.37. The minimum absolute atomic E-state index is 0.0224. The molecular formula is C20H27N3O3. The van der Waals surface area contributed by atoms with Crippen LogP contribution < -0.4 is 5.32 Å². The van der Waals surface area contributed by atoms with Crippen molar-refractivity contribution in [3.8, 4) is 0 Å². The van der Waals surface area contributed by atoms with Crippen LogP contribution >= 0.6 is 0 Å². The van der Waals surface area contributed by atoms with Crippen LogP contribution in [0.2, 0.25) is 0 Å². The Hall–Kier alpha value is -2.37. The fourth-order valence-corrected chi connectivity index (χ4v) is 4.04. The molecule has 6 heteroatoms. The molecule has 6 nitrogen and oxygen atoms in total. The van der Waals surface area contributed by atoms with Gasteiger partial charge in [-0.15, -0.1) is 0 Å². The Kier molecular flexibility index (Phi) is 5.59. The summed E-state index contributed by atoms with van der Waals surface area (Å²) in [7, 11) is 3.37. The van der Waals surface area contributed by atoms with Gasteiger partial charge in [0.1, 0.15) is 0 Å². The second kappa shape index (κ2) is 7.89. The number of carbonyl (C=O) groups is 3. The molecule has 1 heterocycles. The number of carbonyl (C=O) groups excluding carboxylic acids is 3. The molecule has 1 N–H and O–H groups in total. The van der Waals surface area contributed by atoms with Gasteiger partial charge in [-0.2, -0.15) is 0 Å². The van der Waals surface area contributed by atoms with Gasteiger partial charge < -0.3 is 15.1 Å². The molecule has 1 aliphatic heterocycles. The second-order valence-electron chi connectivity index (χ2n) is 7.36. The van der Waals surface area contributed by atoms with E-state index in [-0.39, 0.29) is 23.6 Å². The van der Waals surface area contributed by atoms with E-state index in [1.54, 1.807) is 31.1 Å². The smallest absolute Gasteiger partial charge is 0.251 e. The number of likely N-dealkylation sites (tertiary alicyclic amines) is 1. The summed E-state index contributed by atoms with van der Waals surface area (Å²) in [6, 6.07) is 7.57. The highest BCUT2D eigenvalue weighted by Gasteiger charge is 2.39. The minimum Gasteiger partial charge on any atom is -0.355 e. The third kappa shape index (κ3) is 3.89. The first-order chi connectivity index (χ1) is 12.5. The monoisotopic (exact) mass is 357 g/mol. The van der Waals surface area contributed by atoms with E-state index in [1.807, 2.05) is 17.0 Å². The van der Waals surface area contributed by atoms with Gasteiger partial charge in [-0.1, -0.05) is 25.0 Å². The van der Waals surface area contributed by atoms with Crippen LogP contribution in [-0.4, -0.2) is 54.2 Å². The highest BCUT2D eigenvalue weighted by Crippen LogP contribution is 2.30. The summed E-state index contributed by atoms with van der Waals surface area (Å²) in [5, 5.41) is 2.59. The number of hydrogen-bond donors (Lipinski definition) is 1. The molecule has 1 aliphatic carbocycles. The van der Waals surface area contributed by atoms with Gasteiger partial charge in [-0.05, 0) is 30.5 Å². The van der Waals surface area contributed by atoms with Crippen molar-refractivity contribution >= 4 is 17.7 Å². The molecule has 1 unspecified atom stereocenters. The van der Waals surface area contributed by atoms with Crippen molar-refractivity contribution in [2.75, 3.05) is 20.6 Å². The first-order valence-corrected chi connectivity index (χ1v) is 9.35. The quantitative estimate of drug-likeness (QED) is 0.873. The van der Waals surface area contributed by atoms with Gasteiger partial charge in [0.05, 0.1) is 5.92 Å². The topological polar surface area (TPSA) is 69.7 Å². The van der Waals surface area contributed by atoms with E-state index in [2.05, 4.69) is 5.32 Å². The zero-order valence-corrected chi connectivity index (χ0v) is 15.5. The van der Waals surface area contributed by atoms with Crippen LogP contribution in [0.5, 0.6) is 0 Å². The molecule has 3 amide bonds. The standard InChI is InChI=1S/C20H27N3O3/c1-21-19(25)15-9-7-14(8-10-15)12-22(2)20(26)16-11-18(24)23(13-16)17-5-3-4-6-17/h7-10,16-17H,3-6,11-13H2,1-2H3,(H,21,25). The first kappa shape index (κ1) is 18.4. The second-order valence-corrected chi connectivity index (χ2v) is 7.36. The van der Waals surface area contributed by atoms with Crippen LogP contribution in [-0.2, 0) is 16.1 Å². The van der Waals surface area contributed by atoms with E-state index < -0.39 is 0 Å². The zero-order valence-electron chi connectivity index (χ0n) is 15.5. The molecule has 0 spiro atoms. The molecule has 1 saturated carbocycles. The molecule has 0 bridgehead atoms. The fraction of sp³-hybridized carbons (Fsp3) is 0.550. The van der Waals surface area contributed by atoms with Crippen molar-refractivity contribution < 1.29 is 14.4 Å². The molecule has 1 atom stereocenters. The molecule has 1 saturated heterocycles. The van der Waals surface area contributed by atoms with E-state index >= 15 is 0 Å². The Morgan fingerprint density at radius 2 is 1.85 bits per heavy atom. The zero-order chi connectivity index (χ0) is 18.7. The number of rotatable bonds is 5. The molecule has 26 heavy (non-hydrogen) atoms. The molecule has 140 valence electrons. The van der Waals surface area contributed by atoms with Crippen molar-refractivity contribution in [1.29, 1.82) is 0 Å². The Morgan fingerprint density at radius 1 is 1.19 bits per heavy atom. The Labute approximate surface area is 154 Å². The summed E-state index contributed by atoms with van der Waals surface area (Å²) in [6.45, 7) is 1.03. The Balaban J connectivity index is 1.57. The molecule has 2 fully saturated rings. The number of amides is 3. The van der Waals surface area contributed by atoms with Crippen molar-refractivity contribution in [2.45, 2.75) is 44.7 Å². The summed E-state index contributed by atoms with van der Waals surface area (Å²) in [5.74, 6) is -0.219. The molecule has 0 radical (unpaired) electrons. The molecular weight excluding hydrogens is 330 g/mol. The largest absolute Gasteiger partial charge is 0.355 e. The molecule has 3 rings (SSSR count). The van der Waals surface area contributed by atoms with Gasteiger partial charge in [0.25, 0.3) is 5.91 Å². The van der Waals surface area contributed by atoms with Gasteiger partial charge in [-0.25, -0.2) is 0 Å².